The van der Waals surface area contributed by atoms with Gasteiger partial charge in [0.1, 0.15) is 5.82 Å². The molecule has 1 amide bonds. The maximum Gasteiger partial charge on any atom is 0.329 e. The fourth-order valence-electron chi connectivity index (χ4n) is 2.82. The van der Waals surface area contributed by atoms with E-state index in [1.54, 1.807) is 15.3 Å². The zero-order valence-electron chi connectivity index (χ0n) is 13.8. The first-order chi connectivity index (χ1) is 11.6. The quantitative estimate of drug-likeness (QED) is 0.784. The van der Waals surface area contributed by atoms with Gasteiger partial charge in [-0.15, -0.1) is 0 Å². The van der Waals surface area contributed by atoms with Crippen molar-refractivity contribution in [3.05, 3.63) is 58.6 Å². The summed E-state index contributed by atoms with van der Waals surface area (Å²) in [7, 11) is 0. The summed E-state index contributed by atoms with van der Waals surface area (Å²) in [5.41, 5.74) is 2.69. The molecule has 0 bridgehead atoms. The summed E-state index contributed by atoms with van der Waals surface area (Å²) in [4.78, 5) is 28.8. The van der Waals surface area contributed by atoms with Crippen LogP contribution in [0, 0.1) is 6.92 Å². The van der Waals surface area contributed by atoms with Crippen LogP contribution in [0.4, 0.5) is 5.82 Å². The van der Waals surface area contributed by atoms with Crippen molar-refractivity contribution in [2.75, 3.05) is 5.32 Å². The van der Waals surface area contributed by atoms with Crippen molar-refractivity contribution in [3.63, 3.8) is 0 Å². The molecule has 0 saturated carbocycles. The minimum Gasteiger partial charge on any atom is -0.311 e. The van der Waals surface area contributed by atoms with Crippen LogP contribution in [0.5, 0.6) is 0 Å². The highest BCUT2D eigenvalue weighted by molar-refractivity contribution is 5.89. The topological polar surface area (TPSA) is 68.9 Å². The molecule has 1 aromatic carbocycles. The summed E-state index contributed by atoms with van der Waals surface area (Å²) in [6.07, 6.45) is 1.87. The number of amides is 1. The molecular formula is C18H20N4O2. The smallest absolute Gasteiger partial charge is 0.311 e. The highest BCUT2D eigenvalue weighted by atomic mass is 16.2. The van der Waals surface area contributed by atoms with Gasteiger partial charge in [0.2, 0.25) is 5.91 Å². The van der Waals surface area contributed by atoms with Gasteiger partial charge < -0.3 is 5.32 Å². The van der Waals surface area contributed by atoms with Gasteiger partial charge in [-0.3, -0.25) is 13.9 Å². The van der Waals surface area contributed by atoms with E-state index in [9.17, 15) is 9.59 Å². The molecule has 3 aromatic rings. The molecule has 124 valence electrons. The molecular weight excluding hydrogens is 304 g/mol. The molecule has 0 radical (unpaired) electrons. The standard InChI is InChI=1S/C18H20N4O2/c1-3-21-14-6-4-5-7-15(14)22(18(21)24)11-9-17(23)20-16-12-13(2)8-10-19-16/h4-8,10,12H,3,9,11H2,1-2H3,(H,19,20,23). The van der Waals surface area contributed by atoms with Crippen molar-refractivity contribution in [3.8, 4) is 0 Å². The lowest BCUT2D eigenvalue weighted by Gasteiger charge is -2.06. The predicted octanol–water partition coefficient (Wildman–Crippen LogP) is 2.56. The number of nitrogens with one attached hydrogen (secondary N) is 1. The molecule has 2 aromatic heterocycles. The van der Waals surface area contributed by atoms with Gasteiger partial charge in [-0.2, -0.15) is 0 Å². The Labute approximate surface area is 139 Å². The number of fused-ring (bicyclic) bond motifs is 1. The maximum absolute atomic E-state index is 12.5. The highest BCUT2D eigenvalue weighted by Crippen LogP contribution is 2.13. The van der Waals surface area contributed by atoms with Gasteiger partial charge in [-0.1, -0.05) is 12.1 Å². The van der Waals surface area contributed by atoms with Crippen molar-refractivity contribution in [1.82, 2.24) is 14.1 Å². The lowest BCUT2D eigenvalue weighted by Crippen LogP contribution is -2.25. The molecule has 6 nitrogen and oxygen atoms in total. The highest BCUT2D eigenvalue weighted by Gasteiger charge is 2.13. The summed E-state index contributed by atoms with van der Waals surface area (Å²) in [6, 6.07) is 11.3. The first-order valence-corrected chi connectivity index (χ1v) is 8.00. The molecule has 1 N–H and O–H groups in total. The van der Waals surface area contributed by atoms with Crippen LogP contribution in [0.15, 0.2) is 47.4 Å². The zero-order chi connectivity index (χ0) is 17.1. The van der Waals surface area contributed by atoms with Crippen molar-refractivity contribution < 1.29 is 4.79 Å². The van der Waals surface area contributed by atoms with Crippen molar-refractivity contribution in [2.45, 2.75) is 33.4 Å². The van der Waals surface area contributed by atoms with Crippen LogP contribution in [-0.2, 0) is 17.9 Å². The Hall–Kier alpha value is -2.89. The van der Waals surface area contributed by atoms with Gasteiger partial charge >= 0.3 is 5.69 Å². The number of hydrogen-bond acceptors (Lipinski definition) is 3. The summed E-state index contributed by atoms with van der Waals surface area (Å²) in [5.74, 6) is 0.372. The van der Waals surface area contributed by atoms with Crippen LogP contribution < -0.4 is 11.0 Å². The Kier molecular flexibility index (Phi) is 4.46. The number of nitrogens with zero attached hydrogens (tertiary/aromatic N) is 3. The van der Waals surface area contributed by atoms with Gasteiger partial charge in [0.25, 0.3) is 0 Å². The fourth-order valence-corrected chi connectivity index (χ4v) is 2.82. The summed E-state index contributed by atoms with van der Waals surface area (Å²) in [5, 5.41) is 2.77. The lowest BCUT2D eigenvalue weighted by molar-refractivity contribution is -0.116. The third-order valence-electron chi connectivity index (χ3n) is 3.99. The number of benzene rings is 1. The minimum absolute atomic E-state index is 0.0832. The van der Waals surface area contributed by atoms with E-state index in [0.29, 0.717) is 18.9 Å². The monoisotopic (exact) mass is 324 g/mol. The van der Waals surface area contributed by atoms with Gasteiger partial charge in [0.15, 0.2) is 0 Å². The molecule has 0 aliphatic rings. The van der Waals surface area contributed by atoms with Crippen LogP contribution >= 0.6 is 0 Å². The number of para-hydroxylation sites is 2. The molecule has 24 heavy (non-hydrogen) atoms. The Morgan fingerprint density at radius 2 is 1.88 bits per heavy atom. The zero-order valence-corrected chi connectivity index (χ0v) is 13.8. The average Bonchev–Trinajstić information content (AvgIpc) is 2.84. The van der Waals surface area contributed by atoms with Gasteiger partial charge in [0.05, 0.1) is 11.0 Å². The molecule has 0 aliphatic heterocycles. The first kappa shape index (κ1) is 16.0. The van der Waals surface area contributed by atoms with E-state index in [1.807, 2.05) is 50.2 Å². The Balaban J connectivity index is 1.77. The second-order valence-electron chi connectivity index (χ2n) is 5.68. The second-order valence-corrected chi connectivity index (χ2v) is 5.68. The van der Waals surface area contributed by atoms with E-state index in [1.165, 1.54) is 0 Å². The number of rotatable bonds is 5. The second kappa shape index (κ2) is 6.70. The number of carbonyl (C=O) groups excluding carboxylic acids is 1. The molecule has 0 unspecified atom stereocenters. The van der Waals surface area contributed by atoms with E-state index >= 15 is 0 Å². The first-order valence-electron chi connectivity index (χ1n) is 8.00. The number of carbonyl (C=O) groups is 1. The van der Waals surface area contributed by atoms with Crippen LogP contribution in [0.2, 0.25) is 0 Å². The largest absolute Gasteiger partial charge is 0.329 e. The van der Waals surface area contributed by atoms with Gasteiger partial charge in [-0.25, -0.2) is 9.78 Å². The van der Waals surface area contributed by atoms with Crippen LogP contribution in [0.25, 0.3) is 11.0 Å². The summed E-state index contributed by atoms with van der Waals surface area (Å²) in [6.45, 7) is 4.82. The number of anilines is 1. The molecule has 2 heterocycles. The van der Waals surface area contributed by atoms with Crippen molar-refractivity contribution in [2.24, 2.45) is 0 Å². The summed E-state index contributed by atoms with van der Waals surface area (Å²) >= 11 is 0. The molecule has 0 saturated heterocycles. The number of imidazole rings is 1. The lowest BCUT2D eigenvalue weighted by atomic mass is 10.3. The number of aryl methyl sites for hydroxylation is 3. The van der Waals surface area contributed by atoms with E-state index in [2.05, 4.69) is 10.3 Å². The Morgan fingerprint density at radius 3 is 2.54 bits per heavy atom. The SMILES string of the molecule is CCn1c(=O)n(CCC(=O)Nc2cc(C)ccn2)c2ccccc21. The molecule has 6 heteroatoms. The van der Waals surface area contributed by atoms with Crippen LogP contribution in [0.3, 0.4) is 0 Å². The van der Waals surface area contributed by atoms with Crippen LogP contribution in [-0.4, -0.2) is 20.0 Å². The third kappa shape index (κ3) is 3.08. The normalized spacial score (nSPS) is 10.9. The fraction of sp³-hybridized carbons (Fsp3) is 0.278. The number of pyridine rings is 1. The van der Waals surface area contributed by atoms with Crippen molar-refractivity contribution in [1.29, 1.82) is 0 Å². The average molecular weight is 324 g/mol. The molecule has 0 atom stereocenters. The molecule has 0 spiro atoms. The van der Waals surface area contributed by atoms with E-state index in [0.717, 1.165) is 16.6 Å². The third-order valence-corrected chi connectivity index (χ3v) is 3.99. The van der Waals surface area contributed by atoms with E-state index < -0.39 is 0 Å². The Bertz CT molecular complexity index is 940. The van der Waals surface area contributed by atoms with E-state index in [4.69, 9.17) is 0 Å². The van der Waals surface area contributed by atoms with Crippen LogP contribution in [0.1, 0.15) is 18.9 Å². The van der Waals surface area contributed by atoms with Gasteiger partial charge in [0, 0.05) is 25.7 Å². The summed E-state index contributed by atoms with van der Waals surface area (Å²) < 4.78 is 3.37. The predicted molar refractivity (Wildman–Crippen MR) is 94.1 cm³/mol. The molecule has 0 aliphatic carbocycles. The van der Waals surface area contributed by atoms with E-state index in [-0.39, 0.29) is 18.0 Å². The Morgan fingerprint density at radius 1 is 1.17 bits per heavy atom. The molecule has 0 fully saturated rings. The van der Waals surface area contributed by atoms with Gasteiger partial charge in [-0.05, 0) is 43.7 Å². The van der Waals surface area contributed by atoms with Crippen molar-refractivity contribution >= 4 is 22.8 Å². The molecule has 3 rings (SSSR count). The number of aromatic nitrogens is 3. The number of hydrogen-bond donors (Lipinski definition) is 1. The maximum atomic E-state index is 12.5. The minimum atomic E-state index is -0.159.